The summed E-state index contributed by atoms with van der Waals surface area (Å²) in [4.78, 5) is 20.6. The van der Waals surface area contributed by atoms with Crippen LogP contribution in [0.25, 0.3) is 9.88 Å². The minimum absolute atomic E-state index is 0.0423. The van der Waals surface area contributed by atoms with Gasteiger partial charge in [0.1, 0.15) is 9.88 Å². The molecule has 0 aliphatic carbocycles. The molecular formula is C15H18N2O2S2. The SMILES string of the molecule is CC(O)C1CCCN(C(=O)c2cnc(-c3cccs3)s2)C1. The fraction of sp³-hybridized carbons (Fsp3) is 0.467. The second kappa shape index (κ2) is 6.25. The van der Waals surface area contributed by atoms with E-state index in [9.17, 15) is 9.90 Å². The van der Waals surface area contributed by atoms with Gasteiger partial charge in [-0.05, 0) is 31.2 Å². The summed E-state index contributed by atoms with van der Waals surface area (Å²) >= 11 is 3.08. The van der Waals surface area contributed by atoms with E-state index in [1.807, 2.05) is 22.4 Å². The summed E-state index contributed by atoms with van der Waals surface area (Å²) in [6.07, 6.45) is 3.26. The summed E-state index contributed by atoms with van der Waals surface area (Å²) < 4.78 is 0. The molecule has 1 amide bonds. The van der Waals surface area contributed by atoms with E-state index in [0.717, 1.165) is 29.3 Å². The molecule has 0 spiro atoms. The van der Waals surface area contributed by atoms with E-state index >= 15 is 0 Å². The number of aromatic nitrogens is 1. The predicted molar refractivity (Wildman–Crippen MR) is 85.7 cm³/mol. The number of hydrogen-bond acceptors (Lipinski definition) is 5. The number of piperidine rings is 1. The molecule has 2 aromatic heterocycles. The summed E-state index contributed by atoms with van der Waals surface area (Å²) in [5.74, 6) is 0.230. The van der Waals surface area contributed by atoms with Crippen molar-refractivity contribution in [3.8, 4) is 9.88 Å². The van der Waals surface area contributed by atoms with Crippen LogP contribution in [0.15, 0.2) is 23.7 Å². The number of likely N-dealkylation sites (tertiary alicyclic amines) is 1. The summed E-state index contributed by atoms with van der Waals surface area (Å²) in [6.45, 7) is 3.22. The normalized spacial score (nSPS) is 20.5. The summed E-state index contributed by atoms with van der Waals surface area (Å²) in [7, 11) is 0. The number of carbonyl (C=O) groups excluding carboxylic acids is 1. The maximum atomic E-state index is 12.6. The number of aliphatic hydroxyl groups excluding tert-OH is 1. The Morgan fingerprint density at radius 2 is 2.43 bits per heavy atom. The number of nitrogens with zero attached hydrogens (tertiary/aromatic N) is 2. The van der Waals surface area contributed by atoms with Gasteiger partial charge in [-0.15, -0.1) is 22.7 Å². The number of aliphatic hydroxyl groups is 1. The van der Waals surface area contributed by atoms with Gasteiger partial charge in [0, 0.05) is 19.0 Å². The highest BCUT2D eigenvalue weighted by atomic mass is 32.1. The van der Waals surface area contributed by atoms with Crippen molar-refractivity contribution in [2.45, 2.75) is 25.9 Å². The Bertz CT molecular complexity index is 607. The zero-order valence-corrected chi connectivity index (χ0v) is 13.5. The zero-order valence-electron chi connectivity index (χ0n) is 11.9. The van der Waals surface area contributed by atoms with Crippen molar-refractivity contribution in [1.29, 1.82) is 0 Å². The van der Waals surface area contributed by atoms with Gasteiger partial charge in [-0.3, -0.25) is 4.79 Å². The number of amides is 1. The van der Waals surface area contributed by atoms with Crippen LogP contribution in [-0.2, 0) is 0 Å². The van der Waals surface area contributed by atoms with E-state index in [-0.39, 0.29) is 17.9 Å². The highest BCUT2D eigenvalue weighted by molar-refractivity contribution is 7.21. The van der Waals surface area contributed by atoms with Crippen LogP contribution < -0.4 is 0 Å². The minimum Gasteiger partial charge on any atom is -0.393 e. The molecule has 3 rings (SSSR count). The van der Waals surface area contributed by atoms with Gasteiger partial charge in [0.2, 0.25) is 0 Å². The molecule has 2 unspecified atom stereocenters. The Labute approximate surface area is 132 Å². The Balaban J connectivity index is 1.73. The van der Waals surface area contributed by atoms with Crippen molar-refractivity contribution in [3.05, 3.63) is 28.6 Å². The molecule has 1 aliphatic heterocycles. The molecule has 1 aliphatic rings. The van der Waals surface area contributed by atoms with E-state index in [4.69, 9.17) is 0 Å². The molecule has 0 radical (unpaired) electrons. The van der Waals surface area contributed by atoms with E-state index in [2.05, 4.69) is 4.98 Å². The third-order valence-corrected chi connectivity index (χ3v) is 5.90. The van der Waals surface area contributed by atoms with E-state index in [0.29, 0.717) is 11.4 Å². The lowest BCUT2D eigenvalue weighted by atomic mass is 9.93. The quantitative estimate of drug-likeness (QED) is 0.944. The second-order valence-corrected chi connectivity index (χ2v) is 7.38. The number of hydrogen-bond donors (Lipinski definition) is 1. The molecule has 21 heavy (non-hydrogen) atoms. The van der Waals surface area contributed by atoms with E-state index in [1.165, 1.54) is 11.3 Å². The van der Waals surface area contributed by atoms with Gasteiger partial charge in [0.25, 0.3) is 5.91 Å². The molecule has 3 heterocycles. The third kappa shape index (κ3) is 3.17. The molecule has 2 atom stereocenters. The fourth-order valence-corrected chi connectivity index (χ4v) is 4.32. The largest absolute Gasteiger partial charge is 0.393 e. The number of rotatable bonds is 3. The smallest absolute Gasteiger partial charge is 0.265 e. The molecule has 1 fully saturated rings. The standard InChI is InChI=1S/C15H18N2O2S2/c1-10(18)11-4-2-6-17(9-11)15(19)13-8-16-14(21-13)12-5-3-7-20-12/h3,5,7-8,10-11,18H,2,4,6,9H2,1H3. The Morgan fingerprint density at radius 3 is 3.14 bits per heavy atom. The van der Waals surface area contributed by atoms with Crippen LogP contribution in [0.2, 0.25) is 0 Å². The monoisotopic (exact) mass is 322 g/mol. The molecule has 112 valence electrons. The van der Waals surface area contributed by atoms with Crippen molar-refractivity contribution in [3.63, 3.8) is 0 Å². The van der Waals surface area contributed by atoms with Crippen LogP contribution in [0.3, 0.4) is 0 Å². The van der Waals surface area contributed by atoms with Gasteiger partial charge in [0.05, 0.1) is 17.2 Å². The average Bonchev–Trinajstić information content (AvgIpc) is 3.17. The van der Waals surface area contributed by atoms with Crippen LogP contribution >= 0.6 is 22.7 Å². The lowest BCUT2D eigenvalue weighted by Gasteiger charge is -2.33. The lowest BCUT2D eigenvalue weighted by molar-refractivity contribution is 0.0469. The van der Waals surface area contributed by atoms with Crippen molar-refractivity contribution < 1.29 is 9.90 Å². The van der Waals surface area contributed by atoms with Crippen molar-refractivity contribution in [2.24, 2.45) is 5.92 Å². The van der Waals surface area contributed by atoms with Crippen molar-refractivity contribution in [2.75, 3.05) is 13.1 Å². The van der Waals surface area contributed by atoms with Crippen LogP contribution in [0.1, 0.15) is 29.4 Å². The number of thiophene rings is 1. The molecule has 6 heteroatoms. The number of carbonyl (C=O) groups is 1. The lowest BCUT2D eigenvalue weighted by Crippen LogP contribution is -2.42. The van der Waals surface area contributed by atoms with Gasteiger partial charge < -0.3 is 10.0 Å². The maximum Gasteiger partial charge on any atom is 0.265 e. The van der Waals surface area contributed by atoms with Gasteiger partial charge in [-0.1, -0.05) is 6.07 Å². The summed E-state index contributed by atoms with van der Waals surface area (Å²) in [5.41, 5.74) is 0. The summed E-state index contributed by atoms with van der Waals surface area (Å²) in [5, 5.41) is 12.6. The molecule has 4 nitrogen and oxygen atoms in total. The predicted octanol–water partition coefficient (Wildman–Crippen LogP) is 3.10. The van der Waals surface area contributed by atoms with Crippen molar-refractivity contribution >= 4 is 28.6 Å². The first kappa shape index (κ1) is 14.7. The van der Waals surface area contributed by atoms with Crippen LogP contribution in [0.4, 0.5) is 0 Å². The first-order chi connectivity index (χ1) is 10.1. The van der Waals surface area contributed by atoms with Gasteiger partial charge in [0.15, 0.2) is 0 Å². The molecule has 0 saturated carbocycles. The van der Waals surface area contributed by atoms with Crippen molar-refractivity contribution in [1.82, 2.24) is 9.88 Å². The topological polar surface area (TPSA) is 53.4 Å². The first-order valence-corrected chi connectivity index (χ1v) is 8.82. The third-order valence-electron chi connectivity index (χ3n) is 3.88. The fourth-order valence-electron chi connectivity index (χ4n) is 2.63. The Kier molecular flexibility index (Phi) is 4.37. The maximum absolute atomic E-state index is 12.6. The molecule has 0 bridgehead atoms. The second-order valence-electron chi connectivity index (χ2n) is 5.40. The summed E-state index contributed by atoms with van der Waals surface area (Å²) in [6, 6.07) is 4.00. The van der Waals surface area contributed by atoms with Gasteiger partial charge >= 0.3 is 0 Å². The van der Waals surface area contributed by atoms with Crippen LogP contribution in [-0.4, -0.2) is 40.1 Å². The average molecular weight is 322 g/mol. The zero-order chi connectivity index (χ0) is 14.8. The first-order valence-electron chi connectivity index (χ1n) is 7.12. The molecule has 1 saturated heterocycles. The highest BCUT2D eigenvalue weighted by Crippen LogP contribution is 2.30. The molecule has 2 aromatic rings. The number of thiazole rings is 1. The highest BCUT2D eigenvalue weighted by Gasteiger charge is 2.28. The van der Waals surface area contributed by atoms with Gasteiger partial charge in [-0.25, -0.2) is 4.98 Å². The van der Waals surface area contributed by atoms with Crippen LogP contribution in [0, 0.1) is 5.92 Å². The Hall–Kier alpha value is -1.24. The molecule has 1 N–H and O–H groups in total. The van der Waals surface area contributed by atoms with E-state index in [1.54, 1.807) is 24.5 Å². The van der Waals surface area contributed by atoms with Gasteiger partial charge in [-0.2, -0.15) is 0 Å². The minimum atomic E-state index is -0.358. The van der Waals surface area contributed by atoms with Crippen LogP contribution in [0.5, 0.6) is 0 Å². The Morgan fingerprint density at radius 1 is 1.57 bits per heavy atom. The molecule has 0 aromatic carbocycles. The van der Waals surface area contributed by atoms with E-state index < -0.39 is 0 Å². The molecular weight excluding hydrogens is 304 g/mol.